The van der Waals surface area contributed by atoms with Gasteiger partial charge in [-0.2, -0.15) is 5.10 Å². The van der Waals surface area contributed by atoms with Crippen LogP contribution in [0.5, 0.6) is 0 Å². The van der Waals surface area contributed by atoms with E-state index < -0.39 is 0 Å². The fourth-order valence-electron chi connectivity index (χ4n) is 4.27. The molecule has 0 saturated carbocycles. The minimum absolute atomic E-state index is 0.116. The Labute approximate surface area is 142 Å². The van der Waals surface area contributed by atoms with E-state index in [0.717, 1.165) is 56.7 Å². The van der Waals surface area contributed by atoms with E-state index >= 15 is 0 Å². The van der Waals surface area contributed by atoms with Gasteiger partial charge in [0.25, 0.3) is 0 Å². The van der Waals surface area contributed by atoms with Crippen LogP contribution in [0.15, 0.2) is 12.3 Å². The standard InChI is InChI=1S/C18H25N5O/c1-12-20-15-4-3-14(11-16(15)21-12)18(24)23-9-6-13(7-10-23)17-5-8-19-22(17)2/h5,8,13-14H,3-4,6-7,9-11H2,1-2H3,(H,20,21)/t14-/m0/s1. The van der Waals surface area contributed by atoms with Gasteiger partial charge in [-0.25, -0.2) is 4.98 Å². The van der Waals surface area contributed by atoms with Crippen molar-refractivity contribution < 1.29 is 4.79 Å². The smallest absolute Gasteiger partial charge is 0.226 e. The number of imidazole rings is 1. The molecule has 2 aromatic heterocycles. The predicted molar refractivity (Wildman–Crippen MR) is 90.6 cm³/mol. The molecule has 6 nitrogen and oxygen atoms in total. The number of nitrogens with one attached hydrogen (secondary N) is 1. The molecule has 1 saturated heterocycles. The largest absolute Gasteiger partial charge is 0.346 e. The van der Waals surface area contributed by atoms with Crippen LogP contribution in [-0.4, -0.2) is 43.6 Å². The molecule has 1 aliphatic heterocycles. The molecule has 128 valence electrons. The second kappa shape index (κ2) is 6.07. The highest BCUT2D eigenvalue weighted by molar-refractivity contribution is 5.79. The third-order valence-corrected chi connectivity index (χ3v) is 5.60. The number of likely N-dealkylation sites (tertiary alicyclic amines) is 1. The Morgan fingerprint density at radius 3 is 2.79 bits per heavy atom. The zero-order valence-electron chi connectivity index (χ0n) is 14.5. The first-order valence-corrected chi connectivity index (χ1v) is 8.93. The van der Waals surface area contributed by atoms with E-state index in [1.165, 1.54) is 11.4 Å². The SMILES string of the molecule is Cc1nc2c([nH]1)C[C@@H](C(=O)N1CCC(c3ccnn3C)CC1)CC2. The van der Waals surface area contributed by atoms with Crippen molar-refractivity contribution in [2.24, 2.45) is 13.0 Å². The van der Waals surface area contributed by atoms with Crippen LogP contribution in [0.4, 0.5) is 0 Å². The van der Waals surface area contributed by atoms with E-state index in [-0.39, 0.29) is 5.92 Å². The second-order valence-corrected chi connectivity index (χ2v) is 7.17. The van der Waals surface area contributed by atoms with Crippen LogP contribution in [0.25, 0.3) is 0 Å². The summed E-state index contributed by atoms with van der Waals surface area (Å²) < 4.78 is 1.96. The summed E-state index contributed by atoms with van der Waals surface area (Å²) in [7, 11) is 2.00. The van der Waals surface area contributed by atoms with E-state index in [2.05, 4.69) is 26.0 Å². The zero-order valence-corrected chi connectivity index (χ0v) is 14.5. The van der Waals surface area contributed by atoms with Crippen molar-refractivity contribution in [3.63, 3.8) is 0 Å². The van der Waals surface area contributed by atoms with Crippen molar-refractivity contribution in [2.45, 2.75) is 44.9 Å². The summed E-state index contributed by atoms with van der Waals surface area (Å²) in [5.41, 5.74) is 3.62. The number of hydrogen-bond acceptors (Lipinski definition) is 3. The second-order valence-electron chi connectivity index (χ2n) is 7.17. The van der Waals surface area contributed by atoms with Gasteiger partial charge < -0.3 is 9.88 Å². The van der Waals surface area contributed by atoms with Gasteiger partial charge >= 0.3 is 0 Å². The summed E-state index contributed by atoms with van der Waals surface area (Å²) >= 11 is 0. The summed E-state index contributed by atoms with van der Waals surface area (Å²) in [6.07, 6.45) is 6.59. The number of H-pyrrole nitrogens is 1. The lowest BCUT2D eigenvalue weighted by molar-refractivity contribution is -0.137. The number of carbonyl (C=O) groups excluding carboxylic acids is 1. The molecule has 1 amide bonds. The van der Waals surface area contributed by atoms with E-state index in [9.17, 15) is 4.79 Å². The zero-order chi connectivity index (χ0) is 16.7. The van der Waals surface area contributed by atoms with Gasteiger partial charge in [0.15, 0.2) is 0 Å². The third kappa shape index (κ3) is 2.74. The molecule has 1 aliphatic carbocycles. The molecule has 1 fully saturated rings. The molecule has 6 heteroatoms. The van der Waals surface area contributed by atoms with Gasteiger partial charge in [0.05, 0.1) is 5.69 Å². The number of amides is 1. The first-order chi connectivity index (χ1) is 11.6. The van der Waals surface area contributed by atoms with Crippen molar-refractivity contribution in [1.29, 1.82) is 0 Å². The summed E-state index contributed by atoms with van der Waals surface area (Å²) in [4.78, 5) is 22.8. The molecule has 4 rings (SSSR count). The molecule has 0 bridgehead atoms. The number of rotatable bonds is 2. The molecule has 24 heavy (non-hydrogen) atoms. The average molecular weight is 327 g/mol. The number of hydrogen-bond donors (Lipinski definition) is 1. The number of piperidine rings is 1. The van der Waals surface area contributed by atoms with Crippen LogP contribution in [0, 0.1) is 12.8 Å². The molecule has 0 spiro atoms. The topological polar surface area (TPSA) is 66.8 Å². The summed E-state index contributed by atoms with van der Waals surface area (Å²) in [5.74, 6) is 1.93. The molecular formula is C18H25N5O. The number of nitrogens with zero attached hydrogens (tertiary/aromatic N) is 4. The fourth-order valence-corrected chi connectivity index (χ4v) is 4.27. The maximum Gasteiger partial charge on any atom is 0.226 e. The molecular weight excluding hydrogens is 302 g/mol. The molecule has 0 radical (unpaired) electrons. The van der Waals surface area contributed by atoms with E-state index in [0.29, 0.717) is 11.8 Å². The molecule has 2 aromatic rings. The maximum absolute atomic E-state index is 12.9. The highest BCUT2D eigenvalue weighted by Gasteiger charge is 2.32. The van der Waals surface area contributed by atoms with Gasteiger partial charge in [-0.3, -0.25) is 9.48 Å². The number of carbonyl (C=O) groups is 1. The van der Waals surface area contributed by atoms with Gasteiger partial charge in [0, 0.05) is 56.0 Å². The Balaban J connectivity index is 1.38. The maximum atomic E-state index is 12.9. The van der Waals surface area contributed by atoms with Crippen molar-refractivity contribution in [3.05, 3.63) is 35.2 Å². The molecule has 1 atom stereocenters. The van der Waals surface area contributed by atoms with E-state index in [1.54, 1.807) is 0 Å². The van der Waals surface area contributed by atoms with Gasteiger partial charge in [0.1, 0.15) is 5.82 Å². The van der Waals surface area contributed by atoms with Crippen molar-refractivity contribution in [3.8, 4) is 0 Å². The Morgan fingerprint density at radius 2 is 2.08 bits per heavy atom. The molecule has 2 aliphatic rings. The van der Waals surface area contributed by atoms with Gasteiger partial charge in [-0.1, -0.05) is 0 Å². The minimum Gasteiger partial charge on any atom is -0.346 e. The Morgan fingerprint density at radius 1 is 1.29 bits per heavy atom. The van der Waals surface area contributed by atoms with Crippen molar-refractivity contribution >= 4 is 5.91 Å². The Kier molecular flexibility index (Phi) is 3.90. The summed E-state index contributed by atoms with van der Waals surface area (Å²) in [5, 5.41) is 4.27. The van der Waals surface area contributed by atoms with Crippen LogP contribution in [0.1, 0.15) is 48.1 Å². The van der Waals surface area contributed by atoms with Crippen LogP contribution in [-0.2, 0) is 24.7 Å². The predicted octanol–water partition coefficient (Wildman–Crippen LogP) is 1.96. The van der Waals surface area contributed by atoms with Crippen LogP contribution >= 0.6 is 0 Å². The van der Waals surface area contributed by atoms with Crippen LogP contribution in [0.2, 0.25) is 0 Å². The quantitative estimate of drug-likeness (QED) is 0.917. The van der Waals surface area contributed by atoms with Gasteiger partial charge in [-0.05, 0) is 38.7 Å². The summed E-state index contributed by atoms with van der Waals surface area (Å²) in [6.45, 7) is 3.71. The number of fused-ring (bicyclic) bond motifs is 1. The normalized spacial score (nSPS) is 21.8. The first kappa shape index (κ1) is 15.4. The highest BCUT2D eigenvalue weighted by atomic mass is 16.2. The van der Waals surface area contributed by atoms with Gasteiger partial charge in [0.2, 0.25) is 5.91 Å². The monoisotopic (exact) mass is 327 g/mol. The lowest BCUT2D eigenvalue weighted by atomic mass is 9.87. The molecule has 0 aromatic carbocycles. The van der Waals surface area contributed by atoms with E-state index in [4.69, 9.17) is 0 Å². The minimum atomic E-state index is 0.116. The Bertz CT molecular complexity index is 738. The lowest BCUT2D eigenvalue weighted by Gasteiger charge is -2.35. The number of aryl methyl sites for hydroxylation is 3. The lowest BCUT2D eigenvalue weighted by Crippen LogP contribution is -2.43. The number of aromatic nitrogens is 4. The van der Waals surface area contributed by atoms with Crippen LogP contribution < -0.4 is 0 Å². The van der Waals surface area contributed by atoms with E-state index in [1.807, 2.05) is 24.9 Å². The van der Waals surface area contributed by atoms with Gasteiger partial charge in [-0.15, -0.1) is 0 Å². The van der Waals surface area contributed by atoms with Crippen LogP contribution in [0.3, 0.4) is 0 Å². The molecule has 3 heterocycles. The molecule has 1 N–H and O–H groups in total. The average Bonchev–Trinajstić information content (AvgIpc) is 3.18. The van der Waals surface area contributed by atoms with Crippen molar-refractivity contribution in [2.75, 3.05) is 13.1 Å². The third-order valence-electron chi connectivity index (χ3n) is 5.60. The first-order valence-electron chi connectivity index (χ1n) is 8.93. The Hall–Kier alpha value is -2.11. The summed E-state index contributed by atoms with van der Waals surface area (Å²) in [6, 6.07) is 2.10. The number of aromatic amines is 1. The molecule has 0 unspecified atom stereocenters. The highest BCUT2D eigenvalue weighted by Crippen LogP contribution is 2.30. The van der Waals surface area contributed by atoms with Crippen molar-refractivity contribution in [1.82, 2.24) is 24.6 Å². The fraction of sp³-hybridized carbons (Fsp3) is 0.611.